The van der Waals surface area contributed by atoms with Crippen LogP contribution in [-0.4, -0.2) is 0 Å². The Labute approximate surface area is 81.2 Å². The molecule has 14 heavy (non-hydrogen) atoms. The van der Waals surface area contributed by atoms with Crippen LogP contribution in [0.25, 0.3) is 10.8 Å². The van der Waals surface area contributed by atoms with Crippen LogP contribution in [0, 0.1) is 13.3 Å². The summed E-state index contributed by atoms with van der Waals surface area (Å²) in [5.41, 5.74) is 1.14. The molecule has 0 nitrogen and oxygen atoms in total. The molecule has 0 unspecified atom stereocenters. The number of hydrogen-bond acceptors (Lipinski definition) is 0. The fraction of sp³-hybridized carbons (Fsp3) is 0.0833. The van der Waals surface area contributed by atoms with Gasteiger partial charge in [0.15, 0.2) is 0 Å². The molecule has 0 bridgehead atoms. The van der Waals surface area contributed by atoms with Crippen LogP contribution in [0.2, 0.25) is 0 Å². The fourth-order valence-corrected chi connectivity index (χ4v) is 1.48. The van der Waals surface area contributed by atoms with Crippen LogP contribution in [0.3, 0.4) is 0 Å². The van der Waals surface area contributed by atoms with E-state index in [1.54, 1.807) is 6.07 Å². The zero-order chi connectivity index (χ0) is 10.1. The van der Waals surface area contributed by atoms with Gasteiger partial charge in [0.05, 0.1) is 0 Å². The molecule has 2 rings (SSSR count). The van der Waals surface area contributed by atoms with E-state index in [1.807, 2.05) is 25.1 Å². The predicted molar refractivity (Wildman–Crippen MR) is 53.2 cm³/mol. The molecule has 0 aliphatic carbocycles. The van der Waals surface area contributed by atoms with Crippen molar-refractivity contribution in [2.45, 2.75) is 6.92 Å². The predicted octanol–water partition coefficient (Wildman–Crippen LogP) is 3.92. The van der Waals surface area contributed by atoms with E-state index < -0.39 is 6.43 Å². The van der Waals surface area contributed by atoms with Crippen molar-refractivity contribution >= 4 is 10.8 Å². The Morgan fingerprint density at radius 1 is 0.929 bits per heavy atom. The molecular weight excluding hydrogens is 182 g/mol. The van der Waals surface area contributed by atoms with E-state index in [1.165, 1.54) is 12.1 Å². The van der Waals surface area contributed by atoms with Crippen molar-refractivity contribution in [2.24, 2.45) is 0 Å². The Morgan fingerprint density at radius 3 is 2.29 bits per heavy atom. The van der Waals surface area contributed by atoms with Crippen molar-refractivity contribution in [3.63, 3.8) is 0 Å². The number of halogens is 2. The van der Waals surface area contributed by atoms with E-state index >= 15 is 0 Å². The number of hydrogen-bond donors (Lipinski definition) is 0. The Balaban J connectivity index is 2.62. The van der Waals surface area contributed by atoms with Gasteiger partial charge in [-0.1, -0.05) is 35.9 Å². The van der Waals surface area contributed by atoms with Crippen LogP contribution in [0.1, 0.15) is 11.1 Å². The maximum absolute atomic E-state index is 12.3. The van der Waals surface area contributed by atoms with Gasteiger partial charge in [-0.05, 0) is 23.8 Å². The summed E-state index contributed by atoms with van der Waals surface area (Å²) in [6.07, 6.45) is -1.63. The van der Waals surface area contributed by atoms with Gasteiger partial charge >= 0.3 is 6.43 Å². The highest BCUT2D eigenvalue weighted by Crippen LogP contribution is 2.23. The van der Waals surface area contributed by atoms with Crippen LogP contribution < -0.4 is 0 Å². The Bertz CT molecular complexity index is 461. The summed E-state index contributed by atoms with van der Waals surface area (Å²) in [4.78, 5) is 0. The van der Waals surface area contributed by atoms with Gasteiger partial charge in [0, 0.05) is 5.56 Å². The van der Waals surface area contributed by atoms with E-state index in [-0.39, 0.29) is 5.56 Å². The van der Waals surface area contributed by atoms with Crippen molar-refractivity contribution in [3.8, 4) is 0 Å². The number of fused-ring (bicyclic) bond motifs is 1. The lowest BCUT2D eigenvalue weighted by molar-refractivity contribution is 0.325. The molecule has 2 heteroatoms. The van der Waals surface area contributed by atoms with Crippen molar-refractivity contribution in [1.82, 2.24) is 0 Å². The normalized spacial score (nSPS) is 11.1. The number of rotatable bonds is 1. The molecular formula is C12H9F2. The van der Waals surface area contributed by atoms with Crippen molar-refractivity contribution < 1.29 is 8.78 Å². The van der Waals surface area contributed by atoms with Gasteiger partial charge in [0.25, 0.3) is 0 Å². The Hall–Kier alpha value is -1.44. The number of aryl methyl sites for hydroxylation is 1. The summed E-state index contributed by atoms with van der Waals surface area (Å²) in [6.45, 7) is 1.98. The summed E-state index contributed by atoms with van der Waals surface area (Å²) in [7, 11) is 0. The molecule has 2 aromatic carbocycles. The summed E-state index contributed by atoms with van der Waals surface area (Å²) in [6, 6.07) is 10.4. The Morgan fingerprint density at radius 2 is 1.57 bits per heavy atom. The first-order chi connectivity index (χ1) is 6.66. The van der Waals surface area contributed by atoms with Crippen LogP contribution in [-0.2, 0) is 0 Å². The van der Waals surface area contributed by atoms with E-state index in [0.29, 0.717) is 0 Å². The monoisotopic (exact) mass is 191 g/mol. The molecule has 0 aliphatic rings. The molecule has 71 valence electrons. The third-order valence-electron chi connectivity index (χ3n) is 2.21. The minimum Gasteiger partial charge on any atom is -0.194 e. The molecule has 0 fully saturated rings. The van der Waals surface area contributed by atoms with Gasteiger partial charge in [-0.25, -0.2) is 0 Å². The van der Waals surface area contributed by atoms with E-state index in [4.69, 9.17) is 0 Å². The first-order valence-corrected chi connectivity index (χ1v) is 4.35. The smallest absolute Gasteiger partial charge is 0.194 e. The maximum atomic E-state index is 12.3. The molecule has 0 aliphatic heterocycles. The SMILES string of the molecule is Cc1ccc2cc([C](F)F)ccc2c1. The molecule has 0 heterocycles. The van der Waals surface area contributed by atoms with Gasteiger partial charge in [-0.2, -0.15) is 8.78 Å². The summed E-state index contributed by atoms with van der Waals surface area (Å²) in [5, 5.41) is 1.84. The average Bonchev–Trinajstić information content (AvgIpc) is 2.16. The lowest BCUT2D eigenvalue weighted by atomic mass is 10.1. The van der Waals surface area contributed by atoms with Gasteiger partial charge in [-0.15, -0.1) is 0 Å². The van der Waals surface area contributed by atoms with Gasteiger partial charge in [0.2, 0.25) is 0 Å². The molecule has 0 amide bonds. The average molecular weight is 191 g/mol. The molecule has 2 aromatic rings. The molecule has 0 aromatic heterocycles. The highest BCUT2D eigenvalue weighted by atomic mass is 19.3. The Kier molecular flexibility index (Phi) is 2.20. The van der Waals surface area contributed by atoms with Crippen molar-refractivity contribution in [3.05, 3.63) is 54.0 Å². The molecule has 1 radical (unpaired) electrons. The number of benzene rings is 2. The van der Waals surface area contributed by atoms with Crippen LogP contribution >= 0.6 is 0 Å². The third-order valence-corrected chi connectivity index (χ3v) is 2.21. The largest absolute Gasteiger partial charge is 0.339 e. The second-order valence-corrected chi connectivity index (χ2v) is 3.33. The lowest BCUT2D eigenvalue weighted by Crippen LogP contribution is -1.84. The minimum absolute atomic E-state index is 0.00125. The quantitative estimate of drug-likeness (QED) is 0.640. The van der Waals surface area contributed by atoms with Gasteiger partial charge in [0.1, 0.15) is 0 Å². The second-order valence-electron chi connectivity index (χ2n) is 3.33. The van der Waals surface area contributed by atoms with Crippen molar-refractivity contribution in [2.75, 3.05) is 0 Å². The topological polar surface area (TPSA) is 0 Å². The van der Waals surface area contributed by atoms with Gasteiger partial charge in [-0.3, -0.25) is 0 Å². The minimum atomic E-state index is -1.63. The molecule has 0 saturated carbocycles. The molecule has 0 spiro atoms. The summed E-state index contributed by atoms with van der Waals surface area (Å²) < 4.78 is 24.6. The van der Waals surface area contributed by atoms with Crippen LogP contribution in [0.5, 0.6) is 0 Å². The third kappa shape index (κ3) is 1.60. The first kappa shape index (κ1) is 9.13. The van der Waals surface area contributed by atoms with E-state index in [0.717, 1.165) is 16.3 Å². The molecule has 0 N–H and O–H groups in total. The highest BCUT2D eigenvalue weighted by Gasteiger charge is 2.09. The zero-order valence-electron chi connectivity index (χ0n) is 7.72. The van der Waals surface area contributed by atoms with Crippen LogP contribution in [0.15, 0.2) is 36.4 Å². The first-order valence-electron chi connectivity index (χ1n) is 4.35. The van der Waals surface area contributed by atoms with Crippen LogP contribution in [0.4, 0.5) is 8.78 Å². The van der Waals surface area contributed by atoms with E-state index in [2.05, 4.69) is 0 Å². The lowest BCUT2D eigenvalue weighted by Gasteiger charge is -2.02. The van der Waals surface area contributed by atoms with Crippen molar-refractivity contribution in [1.29, 1.82) is 0 Å². The summed E-state index contributed by atoms with van der Waals surface area (Å²) in [5.74, 6) is 0. The molecule has 0 saturated heterocycles. The van der Waals surface area contributed by atoms with E-state index in [9.17, 15) is 8.78 Å². The fourth-order valence-electron chi connectivity index (χ4n) is 1.48. The highest BCUT2D eigenvalue weighted by molar-refractivity contribution is 5.84. The maximum Gasteiger partial charge on any atom is 0.339 e. The molecule has 0 atom stereocenters. The zero-order valence-corrected chi connectivity index (χ0v) is 7.72. The summed E-state index contributed by atoms with van der Waals surface area (Å²) >= 11 is 0. The standard InChI is InChI=1S/C12H9F2/c1-8-2-3-10-7-11(12(13)14)5-4-9(10)6-8/h2-7H,1H3. The second kappa shape index (κ2) is 3.37. The van der Waals surface area contributed by atoms with Gasteiger partial charge < -0.3 is 0 Å².